The molecule has 0 aliphatic rings. The predicted octanol–water partition coefficient (Wildman–Crippen LogP) is 3.07. The van der Waals surface area contributed by atoms with E-state index in [1.54, 1.807) is 0 Å². The summed E-state index contributed by atoms with van der Waals surface area (Å²) in [4.78, 5) is 23.1. The average Bonchev–Trinajstić information content (AvgIpc) is 2.49. The monoisotopic (exact) mass is 314 g/mol. The second-order valence-electron chi connectivity index (χ2n) is 5.37. The van der Waals surface area contributed by atoms with E-state index in [1.807, 2.05) is 25.1 Å². The molecule has 2 amide bonds. The second kappa shape index (κ2) is 7.54. The fourth-order valence-corrected chi connectivity index (χ4v) is 2.24. The van der Waals surface area contributed by atoms with Crippen LogP contribution in [0.1, 0.15) is 28.4 Å². The lowest BCUT2D eigenvalue weighted by Crippen LogP contribution is -2.26. The molecule has 0 radical (unpaired) electrons. The third-order valence-electron chi connectivity index (χ3n) is 3.32. The summed E-state index contributed by atoms with van der Waals surface area (Å²) in [5.41, 5.74) is 2.62. The zero-order chi connectivity index (χ0) is 16.8. The number of nitrogens with one attached hydrogen (secondary N) is 2. The van der Waals surface area contributed by atoms with Gasteiger partial charge in [-0.2, -0.15) is 0 Å². The Labute approximate surface area is 134 Å². The van der Waals surface area contributed by atoms with E-state index in [9.17, 15) is 14.0 Å². The summed E-state index contributed by atoms with van der Waals surface area (Å²) in [5.74, 6) is -1.26. The molecule has 0 unspecified atom stereocenters. The number of carbonyl (C=O) groups is 2. The van der Waals surface area contributed by atoms with Gasteiger partial charge in [0.15, 0.2) is 0 Å². The van der Waals surface area contributed by atoms with E-state index in [1.165, 1.54) is 30.7 Å². The highest BCUT2D eigenvalue weighted by Crippen LogP contribution is 2.16. The Morgan fingerprint density at radius 2 is 1.91 bits per heavy atom. The maximum Gasteiger partial charge on any atom is 0.251 e. The van der Waals surface area contributed by atoms with Crippen LogP contribution in [0.25, 0.3) is 0 Å². The highest BCUT2D eigenvalue weighted by atomic mass is 19.1. The van der Waals surface area contributed by atoms with E-state index in [0.717, 1.165) is 5.56 Å². The van der Waals surface area contributed by atoms with Crippen molar-refractivity contribution in [3.05, 3.63) is 65.0 Å². The Morgan fingerprint density at radius 3 is 2.61 bits per heavy atom. The largest absolute Gasteiger partial charge is 0.352 e. The number of carbonyl (C=O) groups excluding carboxylic acids is 2. The summed E-state index contributed by atoms with van der Waals surface area (Å²) >= 11 is 0. The minimum absolute atomic E-state index is 0.00355. The standard InChI is InChI=1S/C18H19FN2O2/c1-12-4-3-5-14(10-12)8-9-20-18(23)15-6-7-16(19)17(11-15)21-13(2)22/h3-7,10-11H,8-9H2,1-2H3,(H,20,23)(H,21,22). The molecule has 2 aromatic carbocycles. The second-order valence-corrected chi connectivity index (χ2v) is 5.37. The van der Waals surface area contributed by atoms with Crippen LogP contribution in [0.4, 0.5) is 10.1 Å². The number of anilines is 1. The summed E-state index contributed by atoms with van der Waals surface area (Å²) in [6.07, 6.45) is 0.715. The normalized spacial score (nSPS) is 10.2. The van der Waals surface area contributed by atoms with Crippen molar-refractivity contribution < 1.29 is 14.0 Å². The molecule has 0 atom stereocenters. The van der Waals surface area contributed by atoms with Crippen molar-refractivity contribution >= 4 is 17.5 Å². The maximum absolute atomic E-state index is 13.6. The fraction of sp³-hybridized carbons (Fsp3) is 0.222. The van der Waals surface area contributed by atoms with Crippen LogP contribution in [-0.2, 0) is 11.2 Å². The lowest BCUT2D eigenvalue weighted by molar-refractivity contribution is -0.114. The lowest BCUT2D eigenvalue weighted by atomic mass is 10.1. The minimum atomic E-state index is -0.573. The molecule has 0 fully saturated rings. The van der Waals surface area contributed by atoms with E-state index in [-0.39, 0.29) is 17.5 Å². The molecule has 0 spiro atoms. The molecule has 2 rings (SSSR count). The van der Waals surface area contributed by atoms with Crippen molar-refractivity contribution in [2.75, 3.05) is 11.9 Å². The Morgan fingerprint density at radius 1 is 1.13 bits per heavy atom. The van der Waals surface area contributed by atoms with Crippen LogP contribution < -0.4 is 10.6 Å². The van der Waals surface area contributed by atoms with Gasteiger partial charge < -0.3 is 10.6 Å². The summed E-state index contributed by atoms with van der Waals surface area (Å²) in [7, 11) is 0. The highest BCUT2D eigenvalue weighted by molar-refractivity contribution is 5.96. The first-order valence-corrected chi connectivity index (χ1v) is 7.36. The number of benzene rings is 2. The van der Waals surface area contributed by atoms with Crippen molar-refractivity contribution in [1.29, 1.82) is 0 Å². The third-order valence-corrected chi connectivity index (χ3v) is 3.32. The number of hydrogen-bond donors (Lipinski definition) is 2. The first-order valence-electron chi connectivity index (χ1n) is 7.36. The molecule has 2 N–H and O–H groups in total. The van der Waals surface area contributed by atoms with E-state index >= 15 is 0 Å². The van der Waals surface area contributed by atoms with Gasteiger partial charge in [-0.15, -0.1) is 0 Å². The summed E-state index contributed by atoms with van der Waals surface area (Å²) in [5, 5.41) is 5.16. The smallest absolute Gasteiger partial charge is 0.251 e. The Hall–Kier alpha value is -2.69. The van der Waals surface area contributed by atoms with E-state index < -0.39 is 5.82 Å². The molecule has 0 aliphatic heterocycles. The predicted molar refractivity (Wildman–Crippen MR) is 87.9 cm³/mol. The van der Waals surface area contributed by atoms with Gasteiger partial charge in [0.05, 0.1) is 5.69 Å². The van der Waals surface area contributed by atoms with Crippen molar-refractivity contribution in [3.63, 3.8) is 0 Å². The molecular formula is C18H19FN2O2. The molecule has 2 aromatic rings. The molecule has 0 heterocycles. The molecule has 0 saturated carbocycles. The minimum Gasteiger partial charge on any atom is -0.352 e. The molecule has 5 heteroatoms. The SMILES string of the molecule is CC(=O)Nc1cc(C(=O)NCCc2cccc(C)c2)ccc1F. The Bertz CT molecular complexity index is 729. The molecule has 0 saturated heterocycles. The van der Waals surface area contributed by atoms with Gasteiger partial charge in [-0.1, -0.05) is 29.8 Å². The van der Waals surface area contributed by atoms with Crippen LogP contribution in [0.2, 0.25) is 0 Å². The van der Waals surface area contributed by atoms with Crippen LogP contribution in [0.3, 0.4) is 0 Å². The van der Waals surface area contributed by atoms with Gasteiger partial charge >= 0.3 is 0 Å². The van der Waals surface area contributed by atoms with Gasteiger partial charge in [0.2, 0.25) is 5.91 Å². The van der Waals surface area contributed by atoms with Crippen LogP contribution in [-0.4, -0.2) is 18.4 Å². The fourth-order valence-electron chi connectivity index (χ4n) is 2.24. The maximum atomic E-state index is 13.6. The van der Waals surface area contributed by atoms with Crippen LogP contribution in [0, 0.1) is 12.7 Å². The molecule has 4 nitrogen and oxygen atoms in total. The van der Waals surface area contributed by atoms with E-state index in [4.69, 9.17) is 0 Å². The van der Waals surface area contributed by atoms with Gasteiger partial charge in [-0.05, 0) is 37.1 Å². The number of hydrogen-bond acceptors (Lipinski definition) is 2. The van der Waals surface area contributed by atoms with Crippen LogP contribution in [0.5, 0.6) is 0 Å². The number of aryl methyl sites for hydroxylation is 1. The zero-order valence-electron chi connectivity index (χ0n) is 13.2. The molecule has 0 bridgehead atoms. The molecular weight excluding hydrogens is 295 g/mol. The van der Waals surface area contributed by atoms with E-state index in [0.29, 0.717) is 18.5 Å². The summed E-state index contributed by atoms with van der Waals surface area (Å²) < 4.78 is 13.6. The molecule has 120 valence electrons. The summed E-state index contributed by atoms with van der Waals surface area (Å²) in [6.45, 7) is 3.79. The summed E-state index contributed by atoms with van der Waals surface area (Å²) in [6, 6.07) is 12.0. The Kier molecular flexibility index (Phi) is 5.46. The molecule has 23 heavy (non-hydrogen) atoms. The lowest BCUT2D eigenvalue weighted by Gasteiger charge is -2.09. The first kappa shape index (κ1) is 16.7. The average molecular weight is 314 g/mol. The van der Waals surface area contributed by atoms with Crippen molar-refractivity contribution in [1.82, 2.24) is 5.32 Å². The zero-order valence-corrected chi connectivity index (χ0v) is 13.2. The molecule has 0 aliphatic carbocycles. The number of amides is 2. The van der Waals surface area contributed by atoms with Crippen molar-refractivity contribution in [2.45, 2.75) is 20.3 Å². The number of halogens is 1. The third kappa shape index (κ3) is 4.92. The molecule has 0 aromatic heterocycles. The quantitative estimate of drug-likeness (QED) is 0.891. The number of rotatable bonds is 5. The van der Waals surface area contributed by atoms with Crippen LogP contribution in [0.15, 0.2) is 42.5 Å². The van der Waals surface area contributed by atoms with Gasteiger partial charge in [0, 0.05) is 19.0 Å². The van der Waals surface area contributed by atoms with Crippen molar-refractivity contribution in [3.8, 4) is 0 Å². The van der Waals surface area contributed by atoms with Gasteiger partial charge in [0.1, 0.15) is 5.82 Å². The first-order chi connectivity index (χ1) is 11.0. The van der Waals surface area contributed by atoms with Gasteiger partial charge in [-0.25, -0.2) is 4.39 Å². The van der Waals surface area contributed by atoms with Gasteiger partial charge in [-0.3, -0.25) is 9.59 Å². The topological polar surface area (TPSA) is 58.2 Å². The Balaban J connectivity index is 1.96. The van der Waals surface area contributed by atoms with E-state index in [2.05, 4.69) is 16.7 Å². The van der Waals surface area contributed by atoms with Gasteiger partial charge in [0.25, 0.3) is 5.91 Å². The van der Waals surface area contributed by atoms with Crippen molar-refractivity contribution in [2.24, 2.45) is 0 Å². The van der Waals surface area contributed by atoms with Crippen LogP contribution >= 0.6 is 0 Å². The highest BCUT2D eigenvalue weighted by Gasteiger charge is 2.10.